The lowest BCUT2D eigenvalue weighted by atomic mass is 10.0. The number of benzene rings is 1. The Kier molecular flexibility index (Phi) is 3.09. The zero-order valence-electron chi connectivity index (χ0n) is 10.9. The van der Waals surface area contributed by atoms with Crippen LogP contribution in [0.25, 0.3) is 0 Å². The van der Waals surface area contributed by atoms with Crippen LogP contribution in [-0.2, 0) is 4.79 Å². The molecule has 0 aromatic heterocycles. The normalized spacial score (nSPS) is 15.2. The van der Waals surface area contributed by atoms with Crippen molar-refractivity contribution in [1.82, 2.24) is 0 Å². The molecule has 0 radical (unpaired) electrons. The molecule has 0 fully saturated rings. The monoisotopic (exact) mass is 233 g/mol. The number of nitrogens with zero attached hydrogens (tertiary/aromatic N) is 1. The molecule has 0 bridgehead atoms. The van der Waals surface area contributed by atoms with Crippen LogP contribution < -0.4 is 9.64 Å². The fourth-order valence-corrected chi connectivity index (χ4v) is 2.11. The smallest absolute Gasteiger partial charge is 0.265 e. The standard InChI is InChI=1S/C14H19NO2/c1-9(2)11-5-6-13-12(7-11)15(10(3)4)14(16)8-17-13/h5-7,9-10H,8H2,1-4H3. The summed E-state index contributed by atoms with van der Waals surface area (Å²) in [7, 11) is 0. The number of carbonyl (C=O) groups is 1. The molecule has 0 saturated heterocycles. The number of anilines is 1. The summed E-state index contributed by atoms with van der Waals surface area (Å²) < 4.78 is 5.46. The summed E-state index contributed by atoms with van der Waals surface area (Å²) in [5.74, 6) is 1.29. The van der Waals surface area contributed by atoms with Gasteiger partial charge < -0.3 is 9.64 Å². The average molecular weight is 233 g/mol. The van der Waals surface area contributed by atoms with E-state index in [1.165, 1.54) is 5.56 Å². The van der Waals surface area contributed by atoms with Crippen molar-refractivity contribution in [3.63, 3.8) is 0 Å². The van der Waals surface area contributed by atoms with E-state index in [9.17, 15) is 4.79 Å². The zero-order valence-corrected chi connectivity index (χ0v) is 10.9. The molecular formula is C14H19NO2. The van der Waals surface area contributed by atoms with E-state index in [1.807, 2.05) is 24.8 Å². The Hall–Kier alpha value is -1.51. The van der Waals surface area contributed by atoms with Crippen LogP contribution in [0.3, 0.4) is 0 Å². The van der Waals surface area contributed by atoms with Gasteiger partial charge in [-0.2, -0.15) is 0 Å². The van der Waals surface area contributed by atoms with Gasteiger partial charge in [-0.25, -0.2) is 0 Å². The SMILES string of the molecule is CC(C)c1ccc2c(c1)N(C(C)C)C(=O)CO2. The third-order valence-corrected chi connectivity index (χ3v) is 3.05. The molecule has 0 aliphatic carbocycles. The van der Waals surface area contributed by atoms with Crippen LogP contribution >= 0.6 is 0 Å². The summed E-state index contributed by atoms with van der Waals surface area (Å²) >= 11 is 0. The maximum Gasteiger partial charge on any atom is 0.265 e. The van der Waals surface area contributed by atoms with Crippen molar-refractivity contribution < 1.29 is 9.53 Å². The first-order valence-electron chi connectivity index (χ1n) is 6.09. The van der Waals surface area contributed by atoms with Crippen molar-refractivity contribution >= 4 is 11.6 Å². The lowest BCUT2D eigenvalue weighted by Gasteiger charge is -2.33. The maximum absolute atomic E-state index is 11.9. The molecule has 92 valence electrons. The Balaban J connectivity index is 2.48. The second-order valence-electron chi connectivity index (χ2n) is 5.03. The van der Waals surface area contributed by atoms with Gasteiger partial charge in [-0.3, -0.25) is 4.79 Å². The highest BCUT2D eigenvalue weighted by molar-refractivity contribution is 5.98. The molecule has 1 aliphatic heterocycles. The first kappa shape index (κ1) is 12.0. The topological polar surface area (TPSA) is 29.5 Å². The highest BCUT2D eigenvalue weighted by atomic mass is 16.5. The van der Waals surface area contributed by atoms with Crippen molar-refractivity contribution in [3.05, 3.63) is 23.8 Å². The van der Waals surface area contributed by atoms with Gasteiger partial charge >= 0.3 is 0 Å². The molecule has 0 spiro atoms. The second-order valence-corrected chi connectivity index (χ2v) is 5.03. The second kappa shape index (κ2) is 4.40. The molecule has 0 atom stereocenters. The van der Waals surface area contributed by atoms with E-state index in [1.54, 1.807) is 0 Å². The number of ether oxygens (including phenoxy) is 1. The molecule has 1 aromatic rings. The Morgan fingerprint density at radius 3 is 2.53 bits per heavy atom. The minimum Gasteiger partial charge on any atom is -0.482 e. The van der Waals surface area contributed by atoms with E-state index in [0.717, 1.165) is 11.4 Å². The van der Waals surface area contributed by atoms with E-state index in [0.29, 0.717) is 5.92 Å². The van der Waals surface area contributed by atoms with Crippen LogP contribution in [0.15, 0.2) is 18.2 Å². The fourth-order valence-electron chi connectivity index (χ4n) is 2.11. The molecule has 1 amide bonds. The van der Waals surface area contributed by atoms with Gasteiger partial charge in [0, 0.05) is 6.04 Å². The Morgan fingerprint density at radius 2 is 1.94 bits per heavy atom. The van der Waals surface area contributed by atoms with E-state index in [-0.39, 0.29) is 18.6 Å². The molecule has 1 heterocycles. The average Bonchev–Trinajstić information content (AvgIpc) is 2.27. The van der Waals surface area contributed by atoms with Crippen LogP contribution in [0.4, 0.5) is 5.69 Å². The summed E-state index contributed by atoms with van der Waals surface area (Å²) in [5.41, 5.74) is 2.13. The van der Waals surface area contributed by atoms with Crippen molar-refractivity contribution in [2.24, 2.45) is 0 Å². The van der Waals surface area contributed by atoms with Crippen LogP contribution in [-0.4, -0.2) is 18.6 Å². The van der Waals surface area contributed by atoms with E-state index in [4.69, 9.17) is 4.74 Å². The molecule has 1 aliphatic rings. The van der Waals surface area contributed by atoms with Crippen LogP contribution in [0.5, 0.6) is 5.75 Å². The van der Waals surface area contributed by atoms with Gasteiger partial charge in [0.15, 0.2) is 6.61 Å². The first-order valence-corrected chi connectivity index (χ1v) is 6.09. The highest BCUT2D eigenvalue weighted by Crippen LogP contribution is 2.35. The van der Waals surface area contributed by atoms with Crippen LogP contribution in [0.2, 0.25) is 0 Å². The summed E-state index contributed by atoms with van der Waals surface area (Å²) in [6.45, 7) is 8.48. The van der Waals surface area contributed by atoms with Crippen LogP contribution in [0.1, 0.15) is 39.2 Å². The molecule has 0 saturated carbocycles. The molecule has 3 nitrogen and oxygen atoms in total. The zero-order chi connectivity index (χ0) is 12.6. The predicted octanol–water partition coefficient (Wildman–Crippen LogP) is 2.94. The summed E-state index contributed by atoms with van der Waals surface area (Å²) in [5, 5.41) is 0. The Labute approximate surface area is 102 Å². The number of fused-ring (bicyclic) bond motifs is 1. The number of rotatable bonds is 2. The third kappa shape index (κ3) is 2.14. The Bertz CT molecular complexity index is 438. The fraction of sp³-hybridized carbons (Fsp3) is 0.500. The summed E-state index contributed by atoms with van der Waals surface area (Å²) in [6.07, 6.45) is 0. The van der Waals surface area contributed by atoms with Gasteiger partial charge in [0.1, 0.15) is 5.75 Å². The minimum atomic E-state index is 0.0356. The van der Waals surface area contributed by atoms with Crippen molar-refractivity contribution in [3.8, 4) is 5.75 Å². The molecule has 3 heteroatoms. The maximum atomic E-state index is 11.9. The molecule has 17 heavy (non-hydrogen) atoms. The summed E-state index contributed by atoms with van der Waals surface area (Å²) in [6, 6.07) is 6.26. The van der Waals surface area contributed by atoms with Gasteiger partial charge in [-0.15, -0.1) is 0 Å². The first-order chi connectivity index (χ1) is 8.00. The van der Waals surface area contributed by atoms with Gasteiger partial charge in [0.2, 0.25) is 0 Å². The predicted molar refractivity (Wildman–Crippen MR) is 68.6 cm³/mol. The number of amides is 1. The molecule has 0 N–H and O–H groups in total. The lowest BCUT2D eigenvalue weighted by Crippen LogP contribution is -2.43. The lowest BCUT2D eigenvalue weighted by molar-refractivity contribution is -0.121. The highest BCUT2D eigenvalue weighted by Gasteiger charge is 2.27. The summed E-state index contributed by atoms with van der Waals surface area (Å²) in [4.78, 5) is 13.7. The van der Waals surface area contributed by atoms with Gasteiger partial charge in [0.05, 0.1) is 5.69 Å². The van der Waals surface area contributed by atoms with E-state index >= 15 is 0 Å². The van der Waals surface area contributed by atoms with Crippen molar-refractivity contribution in [1.29, 1.82) is 0 Å². The quantitative estimate of drug-likeness (QED) is 0.786. The van der Waals surface area contributed by atoms with Crippen LogP contribution in [0, 0.1) is 0 Å². The van der Waals surface area contributed by atoms with Gasteiger partial charge in [0.25, 0.3) is 5.91 Å². The van der Waals surface area contributed by atoms with Gasteiger partial charge in [-0.05, 0) is 37.5 Å². The third-order valence-electron chi connectivity index (χ3n) is 3.05. The number of hydrogen-bond donors (Lipinski definition) is 0. The van der Waals surface area contributed by atoms with E-state index in [2.05, 4.69) is 26.0 Å². The molecular weight excluding hydrogens is 214 g/mol. The minimum absolute atomic E-state index is 0.0356. The molecule has 1 aromatic carbocycles. The molecule has 0 unspecified atom stereocenters. The largest absolute Gasteiger partial charge is 0.482 e. The van der Waals surface area contributed by atoms with Crippen molar-refractivity contribution in [2.75, 3.05) is 11.5 Å². The van der Waals surface area contributed by atoms with Gasteiger partial charge in [-0.1, -0.05) is 19.9 Å². The molecule has 2 rings (SSSR count). The number of carbonyl (C=O) groups excluding carboxylic acids is 1. The van der Waals surface area contributed by atoms with E-state index < -0.39 is 0 Å². The Morgan fingerprint density at radius 1 is 1.24 bits per heavy atom. The number of hydrogen-bond acceptors (Lipinski definition) is 2. The van der Waals surface area contributed by atoms with Crippen molar-refractivity contribution in [2.45, 2.75) is 39.7 Å².